The van der Waals surface area contributed by atoms with Gasteiger partial charge in [-0.05, 0) is 73.7 Å². The molecule has 2 bridgehead atoms. The van der Waals surface area contributed by atoms with Gasteiger partial charge in [0, 0.05) is 50.6 Å². The molecule has 1 N–H and O–H groups in total. The van der Waals surface area contributed by atoms with Crippen LogP contribution in [0, 0.1) is 0 Å². The van der Waals surface area contributed by atoms with E-state index >= 15 is 0 Å². The highest BCUT2D eigenvalue weighted by Crippen LogP contribution is 2.66. The number of amides is 1. The van der Waals surface area contributed by atoms with Gasteiger partial charge in [-0.15, -0.1) is 0 Å². The van der Waals surface area contributed by atoms with Gasteiger partial charge in [0.15, 0.2) is 11.5 Å². The summed E-state index contributed by atoms with van der Waals surface area (Å²) < 4.78 is 47.5. The summed E-state index contributed by atoms with van der Waals surface area (Å²) in [6.45, 7) is 0.214. The molecule has 0 unspecified atom stereocenters. The van der Waals surface area contributed by atoms with E-state index in [0.717, 1.165) is 22.4 Å². The number of sulfonamides is 1. The van der Waals surface area contributed by atoms with Crippen LogP contribution in [0.15, 0.2) is 70.4 Å². The maximum atomic E-state index is 14.2. The third kappa shape index (κ3) is 3.92. The number of carbonyl (C=O) groups is 1. The quantitative estimate of drug-likeness (QED) is 0.401. The molecule has 44 heavy (non-hydrogen) atoms. The second-order valence-corrected chi connectivity index (χ2v) is 14.4. The van der Waals surface area contributed by atoms with Crippen LogP contribution in [0.2, 0.25) is 0 Å². The second-order valence-electron chi connectivity index (χ2n) is 12.5. The molecular weight excluding hydrogens is 582 g/mol. The average Bonchev–Trinajstić information content (AvgIpc) is 3.65. The standard InChI is InChI=1S/C33H37N3O7S/c1-34(2)23-7-9-24(10-8-23)44(39,40)36-17-16-32-29-22-6-11-26(41-4)30(29)43-31(32)25(13-15-33(32,38)27(36)19-22)35(3)28(37)12-5-21-14-18-42-20-21/h5-12,14,18,20,25,27,31,38H,13,15-17,19H2,1-4H3/t25-,27-,31+,32+,33-/m1/s1. The lowest BCUT2D eigenvalue weighted by Gasteiger charge is -2.64. The number of nitrogens with zero attached hydrogens (tertiary/aromatic N) is 3. The van der Waals surface area contributed by atoms with Gasteiger partial charge in [-0.2, -0.15) is 4.31 Å². The first kappa shape index (κ1) is 28.9. The van der Waals surface area contributed by atoms with E-state index in [1.807, 2.05) is 31.1 Å². The van der Waals surface area contributed by atoms with Crippen molar-refractivity contribution in [2.75, 3.05) is 39.7 Å². The zero-order valence-electron chi connectivity index (χ0n) is 25.3. The minimum atomic E-state index is -3.93. The summed E-state index contributed by atoms with van der Waals surface area (Å²) in [7, 11) is 3.23. The Balaban J connectivity index is 1.29. The van der Waals surface area contributed by atoms with Gasteiger partial charge in [0.25, 0.3) is 0 Å². The first-order valence-corrected chi connectivity index (χ1v) is 16.3. The Kier molecular flexibility index (Phi) is 6.65. The van der Waals surface area contributed by atoms with Crippen molar-refractivity contribution in [3.8, 4) is 11.5 Å². The molecule has 232 valence electrons. The fraction of sp³-hybridized carbons (Fsp3) is 0.424. The Bertz CT molecular complexity index is 1740. The molecule has 10 nitrogen and oxygen atoms in total. The highest BCUT2D eigenvalue weighted by molar-refractivity contribution is 7.89. The summed E-state index contributed by atoms with van der Waals surface area (Å²) in [5, 5.41) is 12.9. The number of hydrogen-bond acceptors (Lipinski definition) is 8. The lowest BCUT2D eigenvalue weighted by molar-refractivity contribution is -0.186. The van der Waals surface area contributed by atoms with Crippen LogP contribution in [0.25, 0.3) is 6.08 Å². The number of aliphatic hydroxyl groups is 1. The van der Waals surface area contributed by atoms with Crippen LogP contribution < -0.4 is 14.4 Å². The topological polar surface area (TPSA) is 113 Å². The number of carbonyl (C=O) groups excluding carboxylic acids is 1. The largest absolute Gasteiger partial charge is 0.493 e. The number of ether oxygens (including phenoxy) is 2. The van der Waals surface area contributed by atoms with Crippen molar-refractivity contribution in [3.63, 3.8) is 0 Å². The van der Waals surface area contributed by atoms with Gasteiger partial charge in [-0.3, -0.25) is 4.79 Å². The second kappa shape index (κ2) is 10.1. The minimum absolute atomic E-state index is 0.196. The molecule has 3 heterocycles. The average molecular weight is 620 g/mol. The summed E-state index contributed by atoms with van der Waals surface area (Å²) in [5.74, 6) is 0.958. The van der Waals surface area contributed by atoms with Crippen molar-refractivity contribution < 1.29 is 32.2 Å². The fourth-order valence-electron chi connectivity index (χ4n) is 8.18. The summed E-state index contributed by atoms with van der Waals surface area (Å²) in [4.78, 5) is 17.2. The fourth-order valence-corrected chi connectivity index (χ4v) is 9.85. The molecule has 0 radical (unpaired) electrons. The van der Waals surface area contributed by atoms with Gasteiger partial charge in [0.1, 0.15) is 6.10 Å². The zero-order chi connectivity index (χ0) is 31.0. The Morgan fingerprint density at radius 3 is 2.57 bits per heavy atom. The van der Waals surface area contributed by atoms with Crippen LogP contribution in [0.1, 0.15) is 36.0 Å². The summed E-state index contributed by atoms with van der Waals surface area (Å²) >= 11 is 0. The maximum Gasteiger partial charge on any atom is 0.246 e. The monoisotopic (exact) mass is 619 g/mol. The number of hydrogen-bond donors (Lipinski definition) is 1. The number of piperidine rings is 1. The normalized spacial score (nSPS) is 28.8. The van der Waals surface area contributed by atoms with Crippen LogP contribution >= 0.6 is 0 Å². The molecule has 4 aliphatic rings. The maximum absolute atomic E-state index is 14.2. The van der Waals surface area contributed by atoms with Gasteiger partial charge in [0.05, 0.1) is 47.6 Å². The van der Waals surface area contributed by atoms with Crippen molar-refractivity contribution in [2.45, 2.75) is 59.8 Å². The van der Waals surface area contributed by atoms with Crippen LogP contribution in [-0.2, 0) is 26.7 Å². The van der Waals surface area contributed by atoms with Gasteiger partial charge in [-0.1, -0.05) is 6.07 Å². The first-order valence-electron chi connectivity index (χ1n) is 14.9. The SMILES string of the molecule is COc1ccc2c3c1O[C@H]1[C@H](N(C)C(=O)C=Cc4ccoc4)CC[C@@]4(O)[C@@H](C2)N(S(=O)(=O)c2ccc(N(C)C)cc2)CC[C@]314. The molecule has 5 atom stereocenters. The summed E-state index contributed by atoms with van der Waals surface area (Å²) in [5.41, 5.74) is 1.19. The lowest BCUT2D eigenvalue weighted by atomic mass is 9.48. The highest BCUT2D eigenvalue weighted by atomic mass is 32.2. The third-order valence-corrected chi connectivity index (χ3v) is 12.3. The molecule has 11 heteroatoms. The minimum Gasteiger partial charge on any atom is -0.493 e. The molecule has 2 aromatic carbocycles. The molecule has 1 aromatic heterocycles. The van der Waals surface area contributed by atoms with Crippen LogP contribution in [0.5, 0.6) is 11.5 Å². The highest BCUT2D eigenvalue weighted by Gasteiger charge is 2.74. The number of furan rings is 1. The van der Waals surface area contributed by atoms with E-state index in [2.05, 4.69) is 0 Å². The van der Waals surface area contributed by atoms with Gasteiger partial charge in [-0.25, -0.2) is 8.42 Å². The molecule has 7 rings (SSSR count). The Hall–Kier alpha value is -3.80. The molecule has 1 spiro atoms. The molecule has 2 aliphatic carbocycles. The Labute approximate surface area is 257 Å². The molecular formula is C33H37N3O7S. The number of methoxy groups -OCH3 is 1. The number of likely N-dealkylation sites (N-methyl/N-ethyl adjacent to an activating group) is 1. The number of anilines is 1. The number of rotatable bonds is 7. The van der Waals surface area contributed by atoms with Crippen molar-refractivity contribution >= 4 is 27.7 Å². The molecule has 2 aliphatic heterocycles. The van der Waals surface area contributed by atoms with E-state index in [1.165, 1.54) is 10.4 Å². The predicted octanol–water partition coefficient (Wildman–Crippen LogP) is 3.44. The predicted molar refractivity (Wildman–Crippen MR) is 164 cm³/mol. The van der Waals surface area contributed by atoms with E-state index in [4.69, 9.17) is 13.9 Å². The molecule has 1 saturated heterocycles. The molecule has 2 fully saturated rings. The first-order chi connectivity index (χ1) is 21.0. The van der Waals surface area contributed by atoms with Gasteiger partial charge in [0.2, 0.25) is 15.9 Å². The Morgan fingerprint density at radius 1 is 1.11 bits per heavy atom. The van der Waals surface area contributed by atoms with Crippen LogP contribution in [0.3, 0.4) is 0 Å². The number of benzene rings is 2. The van der Waals surface area contributed by atoms with Crippen molar-refractivity contribution in [1.29, 1.82) is 0 Å². The Morgan fingerprint density at radius 2 is 1.89 bits per heavy atom. The van der Waals surface area contributed by atoms with Crippen molar-refractivity contribution in [1.82, 2.24) is 9.21 Å². The van der Waals surface area contributed by atoms with E-state index in [1.54, 1.807) is 68.0 Å². The van der Waals surface area contributed by atoms with Crippen molar-refractivity contribution in [3.05, 3.63) is 77.8 Å². The van der Waals surface area contributed by atoms with E-state index in [9.17, 15) is 18.3 Å². The molecule has 3 aromatic rings. The molecule has 1 saturated carbocycles. The van der Waals surface area contributed by atoms with Crippen molar-refractivity contribution in [2.24, 2.45) is 0 Å². The van der Waals surface area contributed by atoms with Crippen LogP contribution in [0.4, 0.5) is 5.69 Å². The van der Waals surface area contributed by atoms with E-state index in [0.29, 0.717) is 37.2 Å². The van der Waals surface area contributed by atoms with E-state index < -0.39 is 33.2 Å². The zero-order valence-corrected chi connectivity index (χ0v) is 26.1. The van der Waals surface area contributed by atoms with Gasteiger partial charge < -0.3 is 28.8 Å². The summed E-state index contributed by atoms with van der Waals surface area (Å²) in [6, 6.07) is 11.4. The summed E-state index contributed by atoms with van der Waals surface area (Å²) in [6.07, 6.45) is 7.19. The smallest absolute Gasteiger partial charge is 0.246 e. The lowest BCUT2D eigenvalue weighted by Crippen LogP contribution is -2.78. The van der Waals surface area contributed by atoms with Gasteiger partial charge >= 0.3 is 0 Å². The molecule has 1 amide bonds. The van der Waals surface area contributed by atoms with E-state index in [-0.39, 0.29) is 23.4 Å². The third-order valence-electron chi connectivity index (χ3n) is 10.4. The van der Waals surface area contributed by atoms with Crippen LogP contribution in [-0.4, -0.2) is 87.2 Å².